The fourth-order valence-electron chi connectivity index (χ4n) is 4.65. The van der Waals surface area contributed by atoms with E-state index in [9.17, 15) is 22.7 Å². The third-order valence-corrected chi connectivity index (χ3v) is 8.92. The Hall–Kier alpha value is -3.28. The number of sulfonamides is 1. The molecule has 1 aliphatic heterocycles. The van der Waals surface area contributed by atoms with E-state index in [-0.39, 0.29) is 24.6 Å². The predicted octanol–water partition coefficient (Wildman–Crippen LogP) is 4.60. The highest BCUT2D eigenvalue weighted by Crippen LogP contribution is 2.34. The standard InChI is InChI=1S/C25H25FN4O4S2.2H2/c1-17(30-13-9-20-21(26)3-2-4-22(20)30)23(31)29-14-10-25(32,11-15-29)18-5-7-19(8-6-18)36(33,34)28-24-27-12-16-35-24;;/h2-9,12-13,16-17,32H,10-11,14-15H2,1H3,(H,27,28);2*1H/t17-;;/m1../s1. The third-order valence-electron chi connectivity index (χ3n) is 6.74. The lowest BCUT2D eigenvalue weighted by Gasteiger charge is -2.39. The van der Waals surface area contributed by atoms with Crippen LogP contribution >= 0.6 is 11.3 Å². The zero-order chi connectivity index (χ0) is 25.5. The van der Waals surface area contributed by atoms with E-state index in [0.29, 0.717) is 42.4 Å². The first-order valence-corrected chi connectivity index (χ1v) is 13.8. The molecule has 0 radical (unpaired) electrons. The van der Waals surface area contributed by atoms with Crippen molar-refractivity contribution in [1.29, 1.82) is 0 Å². The number of fused-ring (bicyclic) bond motifs is 1. The summed E-state index contributed by atoms with van der Waals surface area (Å²) in [5.41, 5.74) is 0.0837. The highest BCUT2D eigenvalue weighted by atomic mass is 32.2. The van der Waals surface area contributed by atoms with Crippen molar-refractivity contribution in [2.45, 2.75) is 36.3 Å². The minimum atomic E-state index is -3.78. The summed E-state index contributed by atoms with van der Waals surface area (Å²) >= 11 is 1.18. The van der Waals surface area contributed by atoms with Crippen LogP contribution in [0.2, 0.25) is 0 Å². The number of benzene rings is 2. The third kappa shape index (κ3) is 4.49. The number of aromatic nitrogens is 2. The summed E-state index contributed by atoms with van der Waals surface area (Å²) in [5, 5.41) is 13.7. The molecule has 1 aliphatic rings. The number of likely N-dealkylation sites (tertiary alicyclic amines) is 1. The van der Waals surface area contributed by atoms with E-state index in [2.05, 4.69) is 9.71 Å². The van der Waals surface area contributed by atoms with Crippen molar-refractivity contribution in [2.24, 2.45) is 0 Å². The number of carbonyl (C=O) groups excluding carboxylic acids is 1. The number of amides is 1. The average molecular weight is 533 g/mol. The second-order valence-corrected chi connectivity index (χ2v) is 11.5. The number of halogens is 1. The van der Waals surface area contributed by atoms with Crippen LogP contribution in [0.25, 0.3) is 10.9 Å². The Morgan fingerprint density at radius 2 is 1.92 bits per heavy atom. The number of rotatable bonds is 6. The van der Waals surface area contributed by atoms with Crippen LogP contribution in [0.15, 0.2) is 71.2 Å². The number of carbonyl (C=O) groups is 1. The van der Waals surface area contributed by atoms with E-state index < -0.39 is 21.7 Å². The predicted molar refractivity (Wildman–Crippen MR) is 140 cm³/mol. The van der Waals surface area contributed by atoms with Crippen LogP contribution in [0.3, 0.4) is 0 Å². The van der Waals surface area contributed by atoms with Crippen molar-refractivity contribution in [1.82, 2.24) is 14.5 Å². The van der Waals surface area contributed by atoms with Crippen molar-refractivity contribution in [3.8, 4) is 0 Å². The summed E-state index contributed by atoms with van der Waals surface area (Å²) in [6, 6.07) is 12.1. The summed E-state index contributed by atoms with van der Waals surface area (Å²) in [6.45, 7) is 2.48. The molecule has 11 heteroatoms. The van der Waals surface area contributed by atoms with Crippen LogP contribution in [0.1, 0.15) is 34.2 Å². The molecule has 1 fully saturated rings. The van der Waals surface area contributed by atoms with Crippen LogP contribution in [0, 0.1) is 5.82 Å². The molecule has 2 aromatic heterocycles. The van der Waals surface area contributed by atoms with Gasteiger partial charge in [0.25, 0.3) is 10.0 Å². The minimum absolute atomic E-state index is 0. The maximum atomic E-state index is 14.1. The van der Waals surface area contributed by atoms with Gasteiger partial charge in [0.05, 0.1) is 16.0 Å². The summed E-state index contributed by atoms with van der Waals surface area (Å²) < 4.78 is 43.4. The lowest BCUT2D eigenvalue weighted by atomic mass is 9.84. The smallest absolute Gasteiger partial charge is 0.263 e. The fraction of sp³-hybridized carbons (Fsp3) is 0.280. The van der Waals surface area contributed by atoms with Crippen molar-refractivity contribution in [2.75, 3.05) is 17.8 Å². The topological polar surface area (TPSA) is 105 Å². The second kappa shape index (κ2) is 9.30. The van der Waals surface area contributed by atoms with E-state index >= 15 is 0 Å². The first-order valence-electron chi connectivity index (χ1n) is 11.5. The molecule has 0 saturated carbocycles. The van der Waals surface area contributed by atoms with Gasteiger partial charge >= 0.3 is 0 Å². The van der Waals surface area contributed by atoms with Gasteiger partial charge in [-0.2, -0.15) is 0 Å². The molecule has 2 N–H and O–H groups in total. The summed E-state index contributed by atoms with van der Waals surface area (Å²) in [4.78, 5) is 18.9. The molecule has 1 amide bonds. The molecule has 1 atom stereocenters. The van der Waals surface area contributed by atoms with Crippen molar-refractivity contribution in [3.05, 3.63) is 77.7 Å². The minimum Gasteiger partial charge on any atom is -0.385 e. The molecular weight excluding hydrogens is 503 g/mol. The number of thiazole rings is 1. The van der Waals surface area contributed by atoms with E-state index in [1.165, 1.54) is 35.7 Å². The SMILES string of the molecule is C[C@H](C(=O)N1CCC(O)(c2ccc(S(=O)(=O)Nc3nccs3)cc2)CC1)n1ccc2c(F)cccc21.[HH].[HH]. The van der Waals surface area contributed by atoms with Crippen LogP contribution in [-0.4, -0.2) is 47.0 Å². The molecule has 3 heterocycles. The Kier molecular flexibility index (Phi) is 6.31. The van der Waals surface area contributed by atoms with Crippen LogP contribution < -0.4 is 4.72 Å². The summed E-state index contributed by atoms with van der Waals surface area (Å²) in [5.74, 6) is -0.430. The molecule has 0 spiro atoms. The molecule has 36 heavy (non-hydrogen) atoms. The first kappa shape index (κ1) is 24.4. The maximum Gasteiger partial charge on any atom is 0.263 e. The first-order chi connectivity index (χ1) is 17.2. The second-order valence-electron chi connectivity index (χ2n) is 8.90. The number of nitrogens with one attached hydrogen (secondary N) is 1. The summed E-state index contributed by atoms with van der Waals surface area (Å²) in [7, 11) is -3.78. The Labute approximate surface area is 215 Å². The fourth-order valence-corrected chi connectivity index (χ4v) is 6.44. The Morgan fingerprint density at radius 1 is 1.19 bits per heavy atom. The normalized spacial score (nSPS) is 16.7. The van der Waals surface area contributed by atoms with E-state index in [4.69, 9.17) is 0 Å². The van der Waals surface area contributed by atoms with Gasteiger partial charge in [0.2, 0.25) is 5.91 Å². The van der Waals surface area contributed by atoms with E-state index in [1.807, 2.05) is 0 Å². The van der Waals surface area contributed by atoms with Crippen molar-refractivity contribution >= 4 is 43.3 Å². The van der Waals surface area contributed by atoms with Gasteiger partial charge in [-0.25, -0.2) is 17.8 Å². The highest BCUT2D eigenvalue weighted by Gasteiger charge is 2.37. The Bertz CT molecular complexity index is 1500. The molecule has 2 aromatic carbocycles. The largest absolute Gasteiger partial charge is 0.385 e. The van der Waals surface area contributed by atoms with Gasteiger partial charge in [-0.15, -0.1) is 11.3 Å². The quantitative estimate of drug-likeness (QED) is 0.378. The molecular formula is C25H29FN4O4S2. The molecule has 1 saturated heterocycles. The molecule has 192 valence electrons. The van der Waals surface area contributed by atoms with Crippen molar-refractivity contribution in [3.63, 3.8) is 0 Å². The number of piperidine rings is 1. The average Bonchev–Trinajstić information content (AvgIpc) is 3.54. The van der Waals surface area contributed by atoms with Gasteiger partial charge in [0, 0.05) is 39.1 Å². The lowest BCUT2D eigenvalue weighted by molar-refractivity contribution is -0.138. The van der Waals surface area contributed by atoms with E-state index in [0.717, 1.165) is 0 Å². The van der Waals surface area contributed by atoms with Gasteiger partial charge in [-0.3, -0.25) is 9.52 Å². The van der Waals surface area contributed by atoms with Crippen molar-refractivity contribution < 1.29 is 25.6 Å². The molecule has 0 unspecified atom stereocenters. The van der Waals surface area contributed by atoms with Gasteiger partial charge in [0.1, 0.15) is 11.9 Å². The molecule has 5 rings (SSSR count). The van der Waals surface area contributed by atoms with Crippen LogP contribution in [0.5, 0.6) is 0 Å². The Morgan fingerprint density at radius 3 is 2.58 bits per heavy atom. The molecule has 0 aliphatic carbocycles. The maximum absolute atomic E-state index is 14.1. The number of hydrogen-bond acceptors (Lipinski definition) is 6. The van der Waals surface area contributed by atoms with E-state index in [1.54, 1.807) is 58.3 Å². The molecule has 4 aromatic rings. The Balaban J connectivity index is 0.00000200. The van der Waals surface area contributed by atoms with Gasteiger partial charge < -0.3 is 14.6 Å². The number of hydrogen-bond donors (Lipinski definition) is 2. The van der Waals surface area contributed by atoms with Gasteiger partial charge in [-0.05, 0) is 55.7 Å². The summed E-state index contributed by atoms with van der Waals surface area (Å²) in [6.07, 6.45) is 3.86. The monoisotopic (exact) mass is 532 g/mol. The van der Waals surface area contributed by atoms with Gasteiger partial charge in [-0.1, -0.05) is 18.2 Å². The number of nitrogens with zero attached hydrogens (tertiary/aromatic N) is 3. The van der Waals surface area contributed by atoms with Gasteiger partial charge in [0.15, 0.2) is 5.13 Å². The zero-order valence-corrected chi connectivity index (χ0v) is 21.1. The highest BCUT2D eigenvalue weighted by molar-refractivity contribution is 7.93. The molecule has 8 nitrogen and oxygen atoms in total. The van der Waals surface area contributed by atoms with Crippen LogP contribution in [0.4, 0.5) is 9.52 Å². The molecule has 0 bridgehead atoms. The van der Waals surface area contributed by atoms with Crippen LogP contribution in [-0.2, 0) is 20.4 Å². The zero-order valence-electron chi connectivity index (χ0n) is 19.5. The number of anilines is 1. The number of aliphatic hydroxyl groups is 1. The lowest BCUT2D eigenvalue weighted by Crippen LogP contribution is -2.47.